The Morgan fingerprint density at radius 1 is 1.08 bits per heavy atom. The Balaban J connectivity index is 1.88. The van der Waals surface area contributed by atoms with Gasteiger partial charge in [0.1, 0.15) is 11.6 Å². The summed E-state index contributed by atoms with van der Waals surface area (Å²) in [6.45, 7) is 6.42. The number of urea groups is 1. The van der Waals surface area contributed by atoms with Crippen molar-refractivity contribution in [2.45, 2.75) is 33.2 Å². The van der Waals surface area contributed by atoms with Crippen molar-refractivity contribution < 1.29 is 9.18 Å². The van der Waals surface area contributed by atoms with Gasteiger partial charge < -0.3 is 10.2 Å². The van der Waals surface area contributed by atoms with E-state index < -0.39 is 11.9 Å². The number of fused-ring (bicyclic) bond motifs is 1. The first-order valence-corrected chi connectivity index (χ1v) is 12.7. The molecular formula is C28H28BrFN4O2. The summed E-state index contributed by atoms with van der Waals surface area (Å²) in [5.74, 6) is 0.180. The van der Waals surface area contributed by atoms with E-state index in [-0.39, 0.29) is 17.5 Å². The minimum atomic E-state index is -0.512. The molecule has 0 saturated carbocycles. The van der Waals surface area contributed by atoms with Gasteiger partial charge in [0, 0.05) is 16.7 Å². The third kappa shape index (κ3) is 5.49. The third-order valence-corrected chi connectivity index (χ3v) is 6.37. The fourth-order valence-corrected chi connectivity index (χ4v) is 4.53. The number of halogens is 2. The molecule has 3 aromatic carbocycles. The van der Waals surface area contributed by atoms with Gasteiger partial charge in [-0.3, -0.25) is 9.36 Å². The number of rotatable bonds is 7. The second-order valence-electron chi connectivity index (χ2n) is 9.01. The van der Waals surface area contributed by atoms with Gasteiger partial charge in [0.2, 0.25) is 0 Å². The number of carbonyl (C=O) groups is 1. The number of anilines is 1. The first-order chi connectivity index (χ1) is 17.3. The maximum atomic E-state index is 13.8. The number of hydrogen-bond acceptors (Lipinski definition) is 3. The van der Waals surface area contributed by atoms with E-state index in [2.05, 4.69) is 21.2 Å². The molecule has 1 N–H and O–H groups in total. The SMILES string of the molecule is CCC(c1nc2ccccc2c(=O)n1-c1ccc(Br)cc1)N(CC(C)C)C(=O)Nc1cccc(F)c1. The summed E-state index contributed by atoms with van der Waals surface area (Å²) < 4.78 is 16.2. The van der Waals surface area contributed by atoms with Crippen LogP contribution in [0.4, 0.5) is 14.9 Å². The lowest BCUT2D eigenvalue weighted by molar-refractivity contribution is 0.171. The number of nitrogens with zero attached hydrogens (tertiary/aromatic N) is 3. The van der Waals surface area contributed by atoms with Gasteiger partial charge in [0.15, 0.2) is 0 Å². The van der Waals surface area contributed by atoms with Crippen molar-refractivity contribution >= 4 is 38.6 Å². The van der Waals surface area contributed by atoms with Crippen molar-refractivity contribution in [3.8, 4) is 5.69 Å². The number of para-hydroxylation sites is 1. The summed E-state index contributed by atoms with van der Waals surface area (Å²) in [5.41, 5.74) is 1.39. The second-order valence-corrected chi connectivity index (χ2v) is 9.93. The van der Waals surface area contributed by atoms with E-state index in [1.165, 1.54) is 12.1 Å². The lowest BCUT2D eigenvalue weighted by Crippen LogP contribution is -2.42. The molecule has 4 rings (SSSR count). The number of amides is 2. The average molecular weight is 551 g/mol. The van der Waals surface area contributed by atoms with Crippen molar-refractivity contribution in [3.63, 3.8) is 0 Å². The molecule has 186 valence electrons. The number of benzene rings is 3. The maximum Gasteiger partial charge on any atom is 0.322 e. The standard InChI is InChI=1S/C28H28BrFN4O2/c1-4-25(33(17-18(2)3)28(36)31-21-9-7-8-20(30)16-21)26-32-24-11-6-5-10-23(24)27(35)34(26)22-14-12-19(29)13-15-22/h5-16,18,25H,4,17H2,1-3H3,(H,31,36). The van der Waals surface area contributed by atoms with Crippen LogP contribution in [0.1, 0.15) is 39.1 Å². The molecule has 0 aliphatic heterocycles. The molecule has 1 atom stereocenters. The monoisotopic (exact) mass is 550 g/mol. The van der Waals surface area contributed by atoms with Crippen LogP contribution >= 0.6 is 15.9 Å². The zero-order valence-electron chi connectivity index (χ0n) is 20.4. The third-order valence-electron chi connectivity index (χ3n) is 5.85. The Morgan fingerprint density at radius 2 is 1.81 bits per heavy atom. The van der Waals surface area contributed by atoms with Crippen LogP contribution in [0.25, 0.3) is 16.6 Å². The molecular weight excluding hydrogens is 523 g/mol. The lowest BCUT2D eigenvalue weighted by Gasteiger charge is -2.33. The molecule has 0 aliphatic rings. The smallest absolute Gasteiger partial charge is 0.314 e. The van der Waals surface area contributed by atoms with Gasteiger partial charge in [-0.05, 0) is 66.9 Å². The summed E-state index contributed by atoms with van der Waals surface area (Å²) in [6, 6.07) is 19.5. The summed E-state index contributed by atoms with van der Waals surface area (Å²) in [6.07, 6.45) is 0.518. The predicted octanol–water partition coefficient (Wildman–Crippen LogP) is 6.93. The highest BCUT2D eigenvalue weighted by Gasteiger charge is 2.30. The summed E-state index contributed by atoms with van der Waals surface area (Å²) in [5, 5.41) is 3.32. The maximum absolute atomic E-state index is 13.8. The summed E-state index contributed by atoms with van der Waals surface area (Å²) in [4.78, 5) is 33.9. The van der Waals surface area contributed by atoms with Gasteiger partial charge in [-0.1, -0.05) is 54.9 Å². The Kier molecular flexibility index (Phi) is 7.84. The molecule has 0 bridgehead atoms. The fraction of sp³-hybridized carbons (Fsp3) is 0.250. The Bertz CT molecular complexity index is 1440. The molecule has 8 heteroatoms. The van der Waals surface area contributed by atoms with E-state index in [1.807, 2.05) is 57.2 Å². The summed E-state index contributed by atoms with van der Waals surface area (Å²) >= 11 is 3.45. The van der Waals surface area contributed by atoms with Crippen molar-refractivity contribution in [3.05, 3.63) is 99.3 Å². The molecule has 0 spiro atoms. The fourth-order valence-electron chi connectivity index (χ4n) is 4.26. The molecule has 0 saturated heterocycles. The minimum absolute atomic E-state index is 0.144. The van der Waals surface area contributed by atoms with Gasteiger partial charge in [-0.15, -0.1) is 0 Å². The van der Waals surface area contributed by atoms with E-state index in [4.69, 9.17) is 4.98 Å². The molecule has 2 amide bonds. The molecule has 36 heavy (non-hydrogen) atoms. The normalized spacial score (nSPS) is 12.1. The van der Waals surface area contributed by atoms with Gasteiger partial charge in [0.25, 0.3) is 5.56 Å². The van der Waals surface area contributed by atoms with Crippen LogP contribution in [0, 0.1) is 11.7 Å². The number of carbonyl (C=O) groups excluding carboxylic acids is 1. The minimum Gasteiger partial charge on any atom is -0.314 e. The Hall–Kier alpha value is -3.52. The highest BCUT2D eigenvalue weighted by Crippen LogP contribution is 2.28. The van der Waals surface area contributed by atoms with E-state index in [0.29, 0.717) is 41.1 Å². The molecule has 0 fully saturated rings. The van der Waals surface area contributed by atoms with Crippen molar-refractivity contribution in [2.75, 3.05) is 11.9 Å². The summed E-state index contributed by atoms with van der Waals surface area (Å²) in [7, 11) is 0. The molecule has 1 unspecified atom stereocenters. The quantitative estimate of drug-likeness (QED) is 0.271. The second kappa shape index (κ2) is 11.0. The van der Waals surface area contributed by atoms with Crippen LogP contribution < -0.4 is 10.9 Å². The number of nitrogens with one attached hydrogen (secondary N) is 1. The first kappa shape index (κ1) is 25.6. The zero-order chi connectivity index (χ0) is 25.8. The largest absolute Gasteiger partial charge is 0.322 e. The van der Waals surface area contributed by atoms with Gasteiger partial charge in [-0.25, -0.2) is 14.2 Å². The predicted molar refractivity (Wildman–Crippen MR) is 145 cm³/mol. The van der Waals surface area contributed by atoms with Crippen molar-refractivity contribution in [1.82, 2.24) is 14.5 Å². The van der Waals surface area contributed by atoms with Crippen molar-refractivity contribution in [1.29, 1.82) is 0 Å². The van der Waals surface area contributed by atoms with Crippen LogP contribution in [0.2, 0.25) is 0 Å². The van der Waals surface area contributed by atoms with Crippen LogP contribution in [-0.4, -0.2) is 27.0 Å². The zero-order valence-corrected chi connectivity index (χ0v) is 22.0. The van der Waals surface area contributed by atoms with Crippen molar-refractivity contribution in [2.24, 2.45) is 5.92 Å². The van der Waals surface area contributed by atoms with Gasteiger partial charge in [-0.2, -0.15) is 0 Å². The van der Waals surface area contributed by atoms with E-state index in [1.54, 1.807) is 33.7 Å². The average Bonchev–Trinajstić information content (AvgIpc) is 2.85. The molecule has 0 aliphatic carbocycles. The van der Waals surface area contributed by atoms with Gasteiger partial charge in [0.05, 0.1) is 22.6 Å². The van der Waals surface area contributed by atoms with Gasteiger partial charge >= 0.3 is 6.03 Å². The highest BCUT2D eigenvalue weighted by atomic mass is 79.9. The van der Waals surface area contributed by atoms with Crippen LogP contribution in [0.3, 0.4) is 0 Å². The van der Waals surface area contributed by atoms with Crippen LogP contribution in [-0.2, 0) is 0 Å². The highest BCUT2D eigenvalue weighted by molar-refractivity contribution is 9.10. The lowest BCUT2D eigenvalue weighted by atomic mass is 10.1. The molecule has 6 nitrogen and oxygen atoms in total. The molecule has 0 radical (unpaired) electrons. The molecule has 1 aromatic heterocycles. The Labute approximate surface area is 217 Å². The van der Waals surface area contributed by atoms with E-state index >= 15 is 0 Å². The Morgan fingerprint density at radius 3 is 2.47 bits per heavy atom. The molecule has 4 aromatic rings. The molecule has 1 heterocycles. The first-order valence-electron chi connectivity index (χ1n) is 11.9. The van der Waals surface area contributed by atoms with Crippen LogP contribution in [0.5, 0.6) is 0 Å². The topological polar surface area (TPSA) is 67.2 Å². The number of aromatic nitrogens is 2. The van der Waals surface area contributed by atoms with E-state index in [9.17, 15) is 14.0 Å². The van der Waals surface area contributed by atoms with E-state index in [0.717, 1.165) is 4.47 Å². The van der Waals surface area contributed by atoms with Crippen LogP contribution in [0.15, 0.2) is 82.1 Å². The number of hydrogen-bond donors (Lipinski definition) is 1.